The van der Waals surface area contributed by atoms with Crippen molar-refractivity contribution in [3.63, 3.8) is 0 Å². The fraction of sp³-hybridized carbons (Fsp3) is 0.300. The third-order valence-electron chi connectivity index (χ3n) is 2.02. The Hall–Kier alpha value is -1.25. The Morgan fingerprint density at radius 2 is 2.00 bits per heavy atom. The van der Waals surface area contributed by atoms with Crippen LogP contribution in [0.5, 0.6) is 0 Å². The van der Waals surface area contributed by atoms with Crippen LogP contribution in [-0.4, -0.2) is 33.7 Å². The molecule has 9 heteroatoms. The van der Waals surface area contributed by atoms with Gasteiger partial charge in [0.1, 0.15) is 0 Å². The second kappa shape index (κ2) is 7.37. The van der Waals surface area contributed by atoms with Gasteiger partial charge in [-0.1, -0.05) is 6.07 Å². The number of anilines is 1. The fourth-order valence-electron chi connectivity index (χ4n) is 1.22. The van der Waals surface area contributed by atoms with Gasteiger partial charge in [-0.2, -0.15) is 8.78 Å². The predicted molar refractivity (Wildman–Crippen MR) is 69.4 cm³/mol. The molecule has 0 heterocycles. The molecule has 108 valence electrons. The topological polar surface area (TPSA) is 75.3 Å². The molecular formula is C10H13ClF2N2O3S. The van der Waals surface area contributed by atoms with E-state index in [0.717, 1.165) is 12.1 Å². The zero-order valence-electron chi connectivity index (χ0n) is 9.89. The van der Waals surface area contributed by atoms with Crippen LogP contribution >= 0.6 is 12.4 Å². The number of carbonyl (C=O) groups is 1. The van der Waals surface area contributed by atoms with Crippen molar-refractivity contribution in [2.75, 3.05) is 18.9 Å². The molecule has 5 nitrogen and oxygen atoms in total. The van der Waals surface area contributed by atoms with Gasteiger partial charge >= 0.3 is 5.76 Å². The number of benzene rings is 1. The monoisotopic (exact) mass is 314 g/mol. The van der Waals surface area contributed by atoms with Gasteiger partial charge < -0.3 is 10.6 Å². The first kappa shape index (κ1) is 17.8. The SMILES string of the molecule is CNCC(=O)Nc1cccc(S(=O)(=O)C(F)F)c1.Cl. The molecule has 0 aromatic heterocycles. The first-order chi connectivity index (χ1) is 8.37. The van der Waals surface area contributed by atoms with E-state index in [2.05, 4.69) is 10.6 Å². The highest BCUT2D eigenvalue weighted by Crippen LogP contribution is 2.21. The minimum atomic E-state index is -4.65. The molecule has 1 aromatic carbocycles. The first-order valence-electron chi connectivity index (χ1n) is 4.94. The Morgan fingerprint density at radius 3 is 2.53 bits per heavy atom. The van der Waals surface area contributed by atoms with Gasteiger partial charge in [0.15, 0.2) is 0 Å². The molecule has 0 unspecified atom stereocenters. The normalized spacial score (nSPS) is 10.9. The van der Waals surface area contributed by atoms with Crippen molar-refractivity contribution in [1.82, 2.24) is 5.32 Å². The van der Waals surface area contributed by atoms with Crippen molar-refractivity contribution in [2.24, 2.45) is 0 Å². The lowest BCUT2D eigenvalue weighted by Crippen LogP contribution is -2.25. The number of amides is 1. The molecule has 0 aliphatic carbocycles. The minimum Gasteiger partial charge on any atom is -0.325 e. The predicted octanol–water partition coefficient (Wildman–Crippen LogP) is 1.26. The van der Waals surface area contributed by atoms with Crippen LogP contribution in [0, 0.1) is 0 Å². The van der Waals surface area contributed by atoms with Gasteiger partial charge in [-0.3, -0.25) is 4.79 Å². The van der Waals surface area contributed by atoms with Crippen LogP contribution in [0.4, 0.5) is 14.5 Å². The quantitative estimate of drug-likeness (QED) is 0.858. The zero-order chi connectivity index (χ0) is 13.8. The molecule has 0 spiro atoms. The summed E-state index contributed by atoms with van der Waals surface area (Å²) >= 11 is 0. The van der Waals surface area contributed by atoms with Crippen LogP contribution in [0.1, 0.15) is 0 Å². The average Bonchev–Trinajstić information content (AvgIpc) is 2.29. The minimum absolute atomic E-state index is 0. The molecular weight excluding hydrogens is 302 g/mol. The number of alkyl halides is 2. The van der Waals surface area contributed by atoms with Gasteiger partial charge in [0, 0.05) is 5.69 Å². The number of carbonyl (C=O) groups excluding carboxylic acids is 1. The second-order valence-corrected chi connectivity index (χ2v) is 5.33. The number of rotatable bonds is 5. The van der Waals surface area contributed by atoms with Gasteiger partial charge in [0.2, 0.25) is 15.7 Å². The molecule has 0 saturated carbocycles. The van der Waals surface area contributed by atoms with Gasteiger partial charge in [0.05, 0.1) is 11.4 Å². The molecule has 0 aliphatic heterocycles. The van der Waals surface area contributed by atoms with Crippen molar-refractivity contribution < 1.29 is 22.0 Å². The maximum atomic E-state index is 12.3. The van der Waals surface area contributed by atoms with Gasteiger partial charge in [0.25, 0.3) is 0 Å². The Balaban J connectivity index is 0.00000324. The molecule has 1 aromatic rings. The van der Waals surface area contributed by atoms with E-state index < -0.39 is 26.4 Å². The second-order valence-electron chi connectivity index (χ2n) is 3.41. The van der Waals surface area contributed by atoms with Crippen LogP contribution in [0.25, 0.3) is 0 Å². The molecule has 0 bridgehead atoms. The van der Waals surface area contributed by atoms with E-state index in [-0.39, 0.29) is 24.6 Å². The molecule has 0 saturated heterocycles. The molecule has 1 rings (SSSR count). The van der Waals surface area contributed by atoms with E-state index in [9.17, 15) is 22.0 Å². The number of hydrogen-bond acceptors (Lipinski definition) is 4. The standard InChI is InChI=1S/C10H12F2N2O3S.ClH/c1-13-6-9(15)14-7-3-2-4-8(5-7)18(16,17)10(11)12;/h2-5,10,13H,6H2,1H3,(H,14,15);1H. The van der Waals surface area contributed by atoms with Crippen molar-refractivity contribution in [1.29, 1.82) is 0 Å². The highest BCUT2D eigenvalue weighted by Gasteiger charge is 2.26. The maximum Gasteiger partial charge on any atom is 0.341 e. The van der Waals surface area contributed by atoms with Crippen LogP contribution in [0.2, 0.25) is 0 Å². The molecule has 19 heavy (non-hydrogen) atoms. The third kappa shape index (κ3) is 4.73. The van der Waals surface area contributed by atoms with Crippen LogP contribution in [-0.2, 0) is 14.6 Å². The summed E-state index contributed by atoms with van der Waals surface area (Å²) in [6.45, 7) is 0.0336. The maximum absolute atomic E-state index is 12.3. The van der Waals surface area contributed by atoms with Crippen molar-refractivity contribution in [3.8, 4) is 0 Å². The highest BCUT2D eigenvalue weighted by molar-refractivity contribution is 7.91. The van der Waals surface area contributed by atoms with Crippen molar-refractivity contribution in [2.45, 2.75) is 10.7 Å². The summed E-state index contributed by atoms with van der Waals surface area (Å²) in [5.41, 5.74) is 0.150. The van der Waals surface area contributed by atoms with E-state index in [0.29, 0.717) is 0 Å². The van der Waals surface area contributed by atoms with Gasteiger partial charge in [-0.15, -0.1) is 12.4 Å². The van der Waals surface area contributed by atoms with Gasteiger partial charge in [-0.25, -0.2) is 8.42 Å². The largest absolute Gasteiger partial charge is 0.341 e. The summed E-state index contributed by atoms with van der Waals surface area (Å²) in [5, 5.41) is 4.98. The smallest absolute Gasteiger partial charge is 0.325 e. The van der Waals surface area contributed by atoms with Crippen molar-refractivity contribution in [3.05, 3.63) is 24.3 Å². The lowest BCUT2D eigenvalue weighted by atomic mass is 10.3. The summed E-state index contributed by atoms with van der Waals surface area (Å²) < 4.78 is 47.1. The number of sulfone groups is 1. The summed E-state index contributed by atoms with van der Waals surface area (Å²) in [5.74, 6) is -3.88. The van der Waals surface area contributed by atoms with Crippen LogP contribution in [0.3, 0.4) is 0 Å². The lowest BCUT2D eigenvalue weighted by molar-refractivity contribution is -0.115. The van der Waals surface area contributed by atoms with E-state index in [1.165, 1.54) is 12.1 Å². The molecule has 0 aliphatic rings. The summed E-state index contributed by atoms with van der Waals surface area (Å²) in [7, 11) is -3.08. The molecule has 1 amide bonds. The molecule has 0 fully saturated rings. The number of likely N-dealkylation sites (N-methyl/N-ethyl adjacent to an activating group) is 1. The Morgan fingerprint density at radius 1 is 1.37 bits per heavy atom. The van der Waals surface area contributed by atoms with E-state index in [1.54, 1.807) is 7.05 Å². The molecule has 0 radical (unpaired) electrons. The van der Waals surface area contributed by atoms with Gasteiger partial charge in [-0.05, 0) is 25.2 Å². The summed E-state index contributed by atoms with van der Waals surface area (Å²) in [6.07, 6.45) is 0. The first-order valence-corrected chi connectivity index (χ1v) is 6.49. The summed E-state index contributed by atoms with van der Waals surface area (Å²) in [4.78, 5) is 10.7. The van der Waals surface area contributed by atoms with E-state index >= 15 is 0 Å². The lowest BCUT2D eigenvalue weighted by Gasteiger charge is -2.07. The Labute approximate surface area is 115 Å². The van der Waals surface area contributed by atoms with Crippen LogP contribution < -0.4 is 10.6 Å². The van der Waals surface area contributed by atoms with E-state index in [1.807, 2.05) is 0 Å². The number of nitrogens with one attached hydrogen (secondary N) is 2. The Bertz CT molecular complexity index is 537. The average molecular weight is 315 g/mol. The Kier molecular flexibility index (Phi) is 6.88. The van der Waals surface area contributed by atoms with Crippen LogP contribution in [0.15, 0.2) is 29.2 Å². The molecule has 0 atom stereocenters. The number of hydrogen-bond donors (Lipinski definition) is 2. The fourth-order valence-corrected chi connectivity index (χ4v) is 1.98. The summed E-state index contributed by atoms with van der Waals surface area (Å²) in [6, 6.07) is 4.74. The zero-order valence-corrected chi connectivity index (χ0v) is 11.5. The van der Waals surface area contributed by atoms with E-state index in [4.69, 9.17) is 0 Å². The third-order valence-corrected chi connectivity index (χ3v) is 3.40. The van der Waals surface area contributed by atoms with Crippen molar-refractivity contribution >= 4 is 33.8 Å². The highest BCUT2D eigenvalue weighted by atomic mass is 35.5. The number of halogens is 3. The molecule has 2 N–H and O–H groups in total.